The van der Waals surface area contributed by atoms with Crippen molar-refractivity contribution < 1.29 is 9.53 Å². The smallest absolute Gasteiger partial charge is 0.145 e. The highest BCUT2D eigenvalue weighted by molar-refractivity contribution is 9.09. The number of ketones is 1. The molecule has 1 N–H and O–H groups in total. The second-order valence-corrected chi connectivity index (χ2v) is 3.91. The van der Waals surface area contributed by atoms with E-state index in [-0.39, 0.29) is 34.9 Å². The Balaban J connectivity index is 0.00000169. The van der Waals surface area contributed by atoms with E-state index in [1.54, 1.807) is 7.11 Å². The van der Waals surface area contributed by atoms with Crippen LogP contribution in [0.5, 0.6) is 0 Å². The Morgan fingerprint density at radius 1 is 1.64 bits per heavy atom. The van der Waals surface area contributed by atoms with Crippen molar-refractivity contribution in [3.8, 4) is 0 Å². The molecule has 0 amide bonds. The lowest BCUT2D eigenvalue weighted by molar-refractivity contribution is -0.118. The largest absolute Gasteiger partial charge is 0.380 e. The van der Waals surface area contributed by atoms with Gasteiger partial charge in [0.2, 0.25) is 0 Å². The lowest BCUT2D eigenvalue weighted by Gasteiger charge is -2.30. The van der Waals surface area contributed by atoms with Gasteiger partial charge in [-0.05, 0) is 19.4 Å². The van der Waals surface area contributed by atoms with Crippen LogP contribution in [0.15, 0.2) is 0 Å². The molecule has 0 bridgehead atoms. The van der Waals surface area contributed by atoms with Gasteiger partial charge in [0, 0.05) is 19.6 Å². The van der Waals surface area contributed by atoms with Crippen LogP contribution in [0, 0.1) is 0 Å². The van der Waals surface area contributed by atoms with Crippen molar-refractivity contribution in [1.29, 1.82) is 0 Å². The lowest BCUT2D eigenvalue weighted by atomic mass is 9.97. The maximum Gasteiger partial charge on any atom is 0.145 e. The van der Waals surface area contributed by atoms with Gasteiger partial charge in [0.15, 0.2) is 0 Å². The van der Waals surface area contributed by atoms with E-state index in [1.807, 2.05) is 0 Å². The predicted molar refractivity (Wildman–Crippen MR) is 65.6 cm³/mol. The van der Waals surface area contributed by atoms with Gasteiger partial charge >= 0.3 is 0 Å². The van der Waals surface area contributed by atoms with Crippen molar-refractivity contribution in [3.05, 3.63) is 0 Å². The van der Waals surface area contributed by atoms with Gasteiger partial charge in [-0.25, -0.2) is 0 Å². The summed E-state index contributed by atoms with van der Waals surface area (Å²) in [7, 11) is 1.71. The molecule has 1 aliphatic heterocycles. The molecule has 0 spiro atoms. The van der Waals surface area contributed by atoms with Crippen LogP contribution in [0.2, 0.25) is 0 Å². The first kappa shape index (κ1) is 14.6. The van der Waals surface area contributed by atoms with Crippen molar-refractivity contribution in [2.75, 3.05) is 19.0 Å². The molecule has 0 aromatic heterocycles. The molecule has 2 atom stereocenters. The molecule has 1 fully saturated rings. The van der Waals surface area contributed by atoms with Crippen molar-refractivity contribution in [2.45, 2.75) is 31.4 Å². The molecule has 1 aliphatic rings. The summed E-state index contributed by atoms with van der Waals surface area (Å²) >= 11 is 3.17. The Labute approximate surface area is 104 Å². The van der Waals surface area contributed by atoms with E-state index in [2.05, 4.69) is 21.2 Å². The van der Waals surface area contributed by atoms with Crippen molar-refractivity contribution in [1.82, 2.24) is 5.32 Å². The third kappa shape index (κ3) is 4.38. The Bertz CT molecular complexity index is 178. The molecule has 0 aliphatic carbocycles. The van der Waals surface area contributed by atoms with Gasteiger partial charge in [-0.1, -0.05) is 15.9 Å². The molecular weight excluding hydrogens is 314 g/mol. The summed E-state index contributed by atoms with van der Waals surface area (Å²) in [5.74, 6) is 0.237. The standard InChI is InChI=1S/C9H16BrNO2.BrH/c1-13-9-3-2-4-11-8(9)5-7(12)6-10;/h8-9,11H,2-6H2,1H3;1H/t8-,9+;/m0./s1. The zero-order valence-corrected chi connectivity index (χ0v) is 11.6. The van der Waals surface area contributed by atoms with Gasteiger partial charge in [-0.15, -0.1) is 17.0 Å². The summed E-state index contributed by atoms with van der Waals surface area (Å²) in [5, 5.41) is 3.76. The quantitative estimate of drug-likeness (QED) is 0.797. The second kappa shape index (κ2) is 7.79. The summed E-state index contributed by atoms with van der Waals surface area (Å²) in [4.78, 5) is 11.2. The maximum atomic E-state index is 11.2. The number of hydrogen-bond acceptors (Lipinski definition) is 3. The highest BCUT2D eigenvalue weighted by Gasteiger charge is 2.25. The van der Waals surface area contributed by atoms with Gasteiger partial charge in [0.05, 0.1) is 11.4 Å². The highest BCUT2D eigenvalue weighted by atomic mass is 79.9. The molecule has 14 heavy (non-hydrogen) atoms. The first-order valence-electron chi connectivity index (χ1n) is 4.61. The molecule has 3 nitrogen and oxygen atoms in total. The predicted octanol–water partition coefficient (Wildman–Crippen LogP) is 1.69. The summed E-state index contributed by atoms with van der Waals surface area (Å²) in [6.07, 6.45) is 2.97. The highest BCUT2D eigenvalue weighted by Crippen LogP contribution is 2.14. The molecule has 0 aromatic carbocycles. The summed E-state index contributed by atoms with van der Waals surface area (Å²) in [6, 6.07) is 0.212. The molecule has 0 aromatic rings. The fraction of sp³-hybridized carbons (Fsp3) is 0.889. The molecule has 5 heteroatoms. The Kier molecular flexibility index (Phi) is 8.10. The van der Waals surface area contributed by atoms with Crippen LogP contribution < -0.4 is 5.32 Å². The molecule has 0 unspecified atom stereocenters. The first-order valence-corrected chi connectivity index (χ1v) is 5.74. The topological polar surface area (TPSA) is 38.3 Å². The molecule has 1 heterocycles. The number of piperidine rings is 1. The Morgan fingerprint density at radius 3 is 2.93 bits per heavy atom. The van der Waals surface area contributed by atoms with Crippen LogP contribution >= 0.6 is 32.9 Å². The van der Waals surface area contributed by atoms with Gasteiger partial charge < -0.3 is 10.1 Å². The van der Waals surface area contributed by atoms with Crippen LogP contribution in [-0.2, 0) is 9.53 Å². The number of carbonyl (C=O) groups is 1. The number of Topliss-reactive ketones (excluding diaryl/α,β-unsaturated/α-hetero) is 1. The molecule has 1 rings (SSSR count). The first-order chi connectivity index (χ1) is 6.27. The third-order valence-corrected chi connectivity index (χ3v) is 3.05. The molecule has 0 radical (unpaired) electrons. The summed E-state index contributed by atoms with van der Waals surface area (Å²) < 4.78 is 5.32. The minimum atomic E-state index is 0. The number of hydrogen-bond donors (Lipinski definition) is 1. The normalized spacial score (nSPS) is 26.7. The fourth-order valence-corrected chi connectivity index (χ4v) is 1.94. The van der Waals surface area contributed by atoms with E-state index in [9.17, 15) is 4.79 Å². The van der Waals surface area contributed by atoms with Crippen molar-refractivity contribution >= 4 is 38.7 Å². The number of carbonyl (C=O) groups excluding carboxylic acids is 1. The van der Waals surface area contributed by atoms with E-state index >= 15 is 0 Å². The van der Waals surface area contributed by atoms with Crippen LogP contribution in [0.3, 0.4) is 0 Å². The maximum absolute atomic E-state index is 11.2. The zero-order chi connectivity index (χ0) is 9.68. The SMILES string of the molecule is Br.CO[C@@H]1CCCN[C@H]1CC(=O)CBr. The number of rotatable bonds is 4. The monoisotopic (exact) mass is 329 g/mol. The Hall–Kier alpha value is 0.550. The Morgan fingerprint density at radius 2 is 2.36 bits per heavy atom. The minimum Gasteiger partial charge on any atom is -0.380 e. The molecule has 0 saturated carbocycles. The summed E-state index contributed by atoms with van der Waals surface area (Å²) in [5.41, 5.74) is 0. The third-order valence-electron chi connectivity index (χ3n) is 2.42. The van der Waals surface area contributed by atoms with E-state index in [0.717, 1.165) is 19.4 Å². The average molecular weight is 331 g/mol. The van der Waals surface area contributed by atoms with Gasteiger partial charge in [0.1, 0.15) is 5.78 Å². The number of ether oxygens (including phenoxy) is 1. The van der Waals surface area contributed by atoms with Crippen LogP contribution in [0.25, 0.3) is 0 Å². The average Bonchev–Trinajstić information content (AvgIpc) is 2.18. The second-order valence-electron chi connectivity index (χ2n) is 3.35. The van der Waals surface area contributed by atoms with Crippen LogP contribution in [0.4, 0.5) is 0 Å². The zero-order valence-electron chi connectivity index (χ0n) is 8.29. The van der Waals surface area contributed by atoms with E-state index in [4.69, 9.17) is 4.74 Å². The van der Waals surface area contributed by atoms with Gasteiger partial charge in [-0.2, -0.15) is 0 Å². The number of alkyl halides is 1. The van der Waals surface area contributed by atoms with Crippen LogP contribution in [-0.4, -0.2) is 36.9 Å². The van der Waals surface area contributed by atoms with E-state index < -0.39 is 0 Å². The van der Waals surface area contributed by atoms with E-state index in [0.29, 0.717) is 11.8 Å². The number of methoxy groups -OCH3 is 1. The molecule has 84 valence electrons. The van der Waals surface area contributed by atoms with Crippen molar-refractivity contribution in [2.24, 2.45) is 0 Å². The fourth-order valence-electron chi connectivity index (χ4n) is 1.71. The van der Waals surface area contributed by atoms with Gasteiger partial charge in [0.25, 0.3) is 0 Å². The number of nitrogens with one attached hydrogen (secondary N) is 1. The lowest BCUT2D eigenvalue weighted by Crippen LogP contribution is -2.46. The molecule has 1 saturated heterocycles. The number of halogens is 2. The summed E-state index contributed by atoms with van der Waals surface area (Å²) in [6.45, 7) is 1.00. The van der Waals surface area contributed by atoms with Crippen LogP contribution in [0.1, 0.15) is 19.3 Å². The van der Waals surface area contributed by atoms with E-state index in [1.165, 1.54) is 0 Å². The van der Waals surface area contributed by atoms with Crippen molar-refractivity contribution in [3.63, 3.8) is 0 Å². The van der Waals surface area contributed by atoms with Gasteiger partial charge in [-0.3, -0.25) is 4.79 Å². The molecular formula is C9H17Br2NO2. The minimum absolute atomic E-state index is 0.